The Balaban J connectivity index is 2.39. The number of aromatic carboxylic acids is 1. The number of benzene rings is 2. The van der Waals surface area contributed by atoms with Crippen molar-refractivity contribution in [2.45, 2.75) is 11.8 Å². The summed E-state index contributed by atoms with van der Waals surface area (Å²) < 4.78 is 32.3. The SMILES string of the molecule is COc1ccc(S(=O)(=O)Nc2ccc(Cl)c(C(=O)O)c2)c(C)c1. The number of carboxylic acids is 1. The first-order valence-electron chi connectivity index (χ1n) is 6.45. The van der Waals surface area contributed by atoms with E-state index in [1.54, 1.807) is 13.0 Å². The monoisotopic (exact) mass is 355 g/mol. The lowest BCUT2D eigenvalue weighted by Gasteiger charge is -2.12. The van der Waals surface area contributed by atoms with E-state index in [-0.39, 0.29) is 21.2 Å². The number of carbonyl (C=O) groups is 1. The van der Waals surface area contributed by atoms with Crippen molar-refractivity contribution in [3.05, 3.63) is 52.5 Å². The minimum absolute atomic E-state index is 0.0288. The Morgan fingerprint density at radius 3 is 2.48 bits per heavy atom. The van der Waals surface area contributed by atoms with Gasteiger partial charge >= 0.3 is 5.97 Å². The predicted molar refractivity (Wildman–Crippen MR) is 87.0 cm³/mol. The van der Waals surface area contributed by atoms with Gasteiger partial charge in [0.15, 0.2) is 0 Å². The Kier molecular flexibility index (Phi) is 4.82. The average molecular weight is 356 g/mol. The standard InChI is InChI=1S/C15H14ClNO5S/c1-9-7-11(22-2)4-6-14(9)23(20,21)17-10-3-5-13(16)12(8-10)15(18)19/h3-8,17H,1-2H3,(H,18,19). The van der Waals surface area contributed by atoms with Crippen LogP contribution in [0.25, 0.3) is 0 Å². The van der Waals surface area contributed by atoms with Crippen LogP contribution in [-0.2, 0) is 10.0 Å². The molecule has 8 heteroatoms. The first-order valence-corrected chi connectivity index (χ1v) is 8.31. The maximum atomic E-state index is 12.5. The third kappa shape index (κ3) is 3.75. The minimum Gasteiger partial charge on any atom is -0.497 e. The topological polar surface area (TPSA) is 92.7 Å². The molecular weight excluding hydrogens is 342 g/mol. The van der Waals surface area contributed by atoms with Gasteiger partial charge in [0.1, 0.15) is 5.75 Å². The van der Waals surface area contributed by atoms with Crippen molar-refractivity contribution in [2.24, 2.45) is 0 Å². The molecule has 0 atom stereocenters. The molecule has 122 valence electrons. The van der Waals surface area contributed by atoms with Crippen LogP contribution in [0, 0.1) is 6.92 Å². The molecule has 0 saturated carbocycles. The van der Waals surface area contributed by atoms with Gasteiger partial charge in [-0.3, -0.25) is 4.72 Å². The van der Waals surface area contributed by atoms with Gasteiger partial charge in [-0.05, 0) is 48.9 Å². The van der Waals surface area contributed by atoms with Gasteiger partial charge < -0.3 is 9.84 Å². The van der Waals surface area contributed by atoms with Crippen molar-refractivity contribution in [1.82, 2.24) is 0 Å². The van der Waals surface area contributed by atoms with Crippen LogP contribution >= 0.6 is 11.6 Å². The molecule has 0 saturated heterocycles. The second kappa shape index (κ2) is 6.47. The maximum absolute atomic E-state index is 12.5. The van der Waals surface area contributed by atoms with E-state index >= 15 is 0 Å². The molecule has 2 N–H and O–H groups in total. The number of halogens is 1. The highest BCUT2D eigenvalue weighted by Gasteiger charge is 2.19. The molecule has 0 bridgehead atoms. The van der Waals surface area contributed by atoms with Crippen molar-refractivity contribution in [1.29, 1.82) is 0 Å². The molecule has 0 aliphatic carbocycles. The van der Waals surface area contributed by atoms with E-state index in [9.17, 15) is 13.2 Å². The van der Waals surface area contributed by atoms with Crippen molar-refractivity contribution in [3.8, 4) is 5.75 Å². The molecular formula is C15H14ClNO5S. The number of sulfonamides is 1. The highest BCUT2D eigenvalue weighted by atomic mass is 35.5. The van der Waals surface area contributed by atoms with Crippen molar-refractivity contribution < 1.29 is 23.1 Å². The predicted octanol–water partition coefficient (Wildman–Crippen LogP) is 3.16. The lowest BCUT2D eigenvalue weighted by Crippen LogP contribution is -2.14. The van der Waals surface area contributed by atoms with Gasteiger partial charge in [0.2, 0.25) is 0 Å². The number of carboxylic acid groups (broad SMARTS) is 1. The van der Waals surface area contributed by atoms with Crippen LogP contribution in [0.3, 0.4) is 0 Å². The summed E-state index contributed by atoms with van der Waals surface area (Å²) in [6.45, 7) is 1.64. The summed E-state index contributed by atoms with van der Waals surface area (Å²) in [6.07, 6.45) is 0. The Bertz CT molecular complexity index is 864. The van der Waals surface area contributed by atoms with Gasteiger partial charge in [-0.25, -0.2) is 13.2 Å². The fraction of sp³-hybridized carbons (Fsp3) is 0.133. The molecule has 0 radical (unpaired) electrons. The van der Waals surface area contributed by atoms with Gasteiger partial charge in [-0.2, -0.15) is 0 Å². The summed E-state index contributed by atoms with van der Waals surface area (Å²) in [6, 6.07) is 8.44. The van der Waals surface area contributed by atoms with E-state index in [1.165, 1.54) is 37.4 Å². The molecule has 0 aromatic heterocycles. The van der Waals surface area contributed by atoms with Crippen LogP contribution in [0.2, 0.25) is 5.02 Å². The zero-order valence-electron chi connectivity index (χ0n) is 12.3. The van der Waals surface area contributed by atoms with Crippen molar-refractivity contribution >= 4 is 33.3 Å². The average Bonchev–Trinajstić information content (AvgIpc) is 2.48. The summed E-state index contributed by atoms with van der Waals surface area (Å²) in [5.41, 5.74) is 0.435. The number of nitrogens with one attached hydrogen (secondary N) is 1. The second-order valence-corrected chi connectivity index (χ2v) is 6.79. The van der Waals surface area contributed by atoms with E-state index in [4.69, 9.17) is 21.4 Å². The van der Waals surface area contributed by atoms with Crippen LogP contribution in [0.1, 0.15) is 15.9 Å². The Morgan fingerprint density at radius 2 is 1.91 bits per heavy atom. The molecule has 2 aromatic rings. The summed E-state index contributed by atoms with van der Waals surface area (Å²) in [7, 11) is -2.38. The summed E-state index contributed by atoms with van der Waals surface area (Å²) in [5.74, 6) is -0.696. The first kappa shape index (κ1) is 17.1. The first-order chi connectivity index (χ1) is 10.7. The van der Waals surface area contributed by atoms with Gasteiger partial charge in [0.05, 0.1) is 22.6 Å². The summed E-state index contributed by atoms with van der Waals surface area (Å²) in [5, 5.41) is 9.06. The van der Waals surface area contributed by atoms with Crippen LogP contribution in [0.15, 0.2) is 41.3 Å². The van der Waals surface area contributed by atoms with E-state index in [0.29, 0.717) is 11.3 Å². The molecule has 2 rings (SSSR count). The molecule has 0 spiro atoms. The quantitative estimate of drug-likeness (QED) is 0.859. The van der Waals surface area contributed by atoms with E-state index in [2.05, 4.69) is 4.72 Å². The number of hydrogen-bond acceptors (Lipinski definition) is 4. The van der Waals surface area contributed by atoms with Gasteiger partial charge in [-0.15, -0.1) is 0 Å². The molecule has 23 heavy (non-hydrogen) atoms. The van der Waals surface area contributed by atoms with E-state index < -0.39 is 16.0 Å². The van der Waals surface area contributed by atoms with Gasteiger partial charge in [-0.1, -0.05) is 11.6 Å². The minimum atomic E-state index is -3.87. The summed E-state index contributed by atoms with van der Waals surface area (Å²) in [4.78, 5) is 11.1. The number of aryl methyl sites for hydroxylation is 1. The number of anilines is 1. The molecule has 2 aromatic carbocycles. The molecule has 0 amide bonds. The van der Waals surface area contributed by atoms with Crippen LogP contribution in [0.5, 0.6) is 5.75 Å². The zero-order valence-corrected chi connectivity index (χ0v) is 13.9. The van der Waals surface area contributed by atoms with Gasteiger partial charge in [0.25, 0.3) is 10.0 Å². The number of hydrogen-bond donors (Lipinski definition) is 2. The molecule has 0 aliphatic heterocycles. The van der Waals surface area contributed by atoms with E-state index in [1.807, 2.05) is 0 Å². The molecule has 0 unspecified atom stereocenters. The number of methoxy groups -OCH3 is 1. The Labute approximate surface area is 138 Å². The lowest BCUT2D eigenvalue weighted by molar-refractivity contribution is 0.0697. The molecule has 0 aliphatic rings. The van der Waals surface area contributed by atoms with Crippen LogP contribution < -0.4 is 9.46 Å². The highest BCUT2D eigenvalue weighted by molar-refractivity contribution is 7.92. The summed E-state index contributed by atoms with van der Waals surface area (Å²) >= 11 is 5.77. The van der Waals surface area contributed by atoms with Gasteiger partial charge in [0, 0.05) is 5.69 Å². The normalized spacial score (nSPS) is 11.1. The molecule has 0 heterocycles. The number of ether oxygens (including phenoxy) is 1. The highest BCUT2D eigenvalue weighted by Crippen LogP contribution is 2.25. The van der Waals surface area contributed by atoms with Crippen molar-refractivity contribution in [2.75, 3.05) is 11.8 Å². The van der Waals surface area contributed by atoms with Crippen LogP contribution in [-0.4, -0.2) is 26.6 Å². The fourth-order valence-corrected chi connectivity index (χ4v) is 3.49. The third-order valence-electron chi connectivity index (χ3n) is 3.12. The zero-order chi connectivity index (χ0) is 17.2. The molecule has 0 fully saturated rings. The third-order valence-corrected chi connectivity index (χ3v) is 4.99. The molecule has 6 nitrogen and oxygen atoms in total. The smallest absolute Gasteiger partial charge is 0.337 e. The van der Waals surface area contributed by atoms with Crippen LogP contribution in [0.4, 0.5) is 5.69 Å². The second-order valence-electron chi connectivity index (χ2n) is 4.74. The fourth-order valence-electron chi connectivity index (χ4n) is 2.01. The lowest BCUT2D eigenvalue weighted by atomic mass is 10.2. The van der Waals surface area contributed by atoms with E-state index in [0.717, 1.165) is 0 Å². The maximum Gasteiger partial charge on any atom is 0.337 e. The Hall–Kier alpha value is -2.25. The largest absolute Gasteiger partial charge is 0.497 e. The Morgan fingerprint density at radius 1 is 1.22 bits per heavy atom. The number of rotatable bonds is 5. The van der Waals surface area contributed by atoms with Crippen molar-refractivity contribution in [3.63, 3.8) is 0 Å².